The Kier molecular flexibility index (Phi) is 4.82. The lowest BCUT2D eigenvalue weighted by molar-refractivity contribution is 0.0817. The quantitative estimate of drug-likeness (QED) is 0.764. The SMILES string of the molecule is COc1ccc(C(=O)C(C)Oc2ccccc2)cc1OC. The average molecular weight is 286 g/mol. The Hall–Kier alpha value is -2.49. The summed E-state index contributed by atoms with van der Waals surface area (Å²) in [5.74, 6) is 1.67. The Morgan fingerprint density at radius 2 is 1.62 bits per heavy atom. The lowest BCUT2D eigenvalue weighted by Crippen LogP contribution is -2.23. The van der Waals surface area contributed by atoms with Gasteiger partial charge in [-0.1, -0.05) is 18.2 Å². The zero-order valence-electron chi connectivity index (χ0n) is 12.3. The molecule has 0 spiro atoms. The third-order valence-electron chi connectivity index (χ3n) is 3.09. The summed E-state index contributed by atoms with van der Waals surface area (Å²) in [5.41, 5.74) is 0.524. The molecule has 21 heavy (non-hydrogen) atoms. The zero-order chi connectivity index (χ0) is 15.2. The fourth-order valence-electron chi connectivity index (χ4n) is 1.98. The van der Waals surface area contributed by atoms with Crippen LogP contribution in [-0.2, 0) is 0 Å². The highest BCUT2D eigenvalue weighted by Crippen LogP contribution is 2.28. The van der Waals surface area contributed by atoms with Crippen molar-refractivity contribution in [2.24, 2.45) is 0 Å². The van der Waals surface area contributed by atoms with Crippen molar-refractivity contribution >= 4 is 5.78 Å². The van der Waals surface area contributed by atoms with E-state index in [1.54, 1.807) is 32.2 Å². The minimum atomic E-state index is -0.578. The molecule has 110 valence electrons. The first kappa shape index (κ1) is 14.9. The molecule has 2 rings (SSSR count). The number of rotatable bonds is 6. The molecule has 0 radical (unpaired) electrons. The molecule has 2 aromatic carbocycles. The highest BCUT2D eigenvalue weighted by atomic mass is 16.5. The molecular formula is C17H18O4. The molecule has 0 bridgehead atoms. The number of ether oxygens (including phenoxy) is 3. The summed E-state index contributed by atoms with van der Waals surface area (Å²) in [6.07, 6.45) is -0.578. The molecule has 0 heterocycles. The molecule has 0 fully saturated rings. The summed E-state index contributed by atoms with van der Waals surface area (Å²) in [7, 11) is 3.09. The van der Waals surface area contributed by atoms with Crippen molar-refractivity contribution in [3.05, 3.63) is 54.1 Å². The van der Waals surface area contributed by atoms with Crippen LogP contribution in [0.4, 0.5) is 0 Å². The molecule has 4 nitrogen and oxygen atoms in total. The number of para-hydroxylation sites is 1. The smallest absolute Gasteiger partial charge is 0.203 e. The van der Waals surface area contributed by atoms with Gasteiger partial charge in [0.2, 0.25) is 5.78 Å². The van der Waals surface area contributed by atoms with Crippen LogP contribution in [0.2, 0.25) is 0 Å². The van der Waals surface area contributed by atoms with E-state index in [4.69, 9.17) is 14.2 Å². The Morgan fingerprint density at radius 1 is 0.952 bits per heavy atom. The summed E-state index contributed by atoms with van der Waals surface area (Å²) < 4.78 is 16.0. The van der Waals surface area contributed by atoms with Gasteiger partial charge in [-0.25, -0.2) is 0 Å². The highest BCUT2D eigenvalue weighted by Gasteiger charge is 2.18. The maximum absolute atomic E-state index is 12.4. The van der Waals surface area contributed by atoms with Crippen LogP contribution in [0.15, 0.2) is 48.5 Å². The van der Waals surface area contributed by atoms with Gasteiger partial charge in [-0.15, -0.1) is 0 Å². The van der Waals surface area contributed by atoms with Gasteiger partial charge in [0, 0.05) is 5.56 Å². The van der Waals surface area contributed by atoms with Gasteiger partial charge >= 0.3 is 0 Å². The Labute approximate surface area is 124 Å². The van der Waals surface area contributed by atoms with Crippen molar-refractivity contribution in [1.82, 2.24) is 0 Å². The van der Waals surface area contributed by atoms with Crippen LogP contribution in [0.25, 0.3) is 0 Å². The maximum Gasteiger partial charge on any atom is 0.203 e. The normalized spacial score (nSPS) is 11.6. The predicted molar refractivity (Wildman–Crippen MR) is 80.4 cm³/mol. The van der Waals surface area contributed by atoms with Crippen molar-refractivity contribution in [3.8, 4) is 17.2 Å². The van der Waals surface area contributed by atoms with E-state index in [1.807, 2.05) is 30.3 Å². The van der Waals surface area contributed by atoms with Gasteiger partial charge < -0.3 is 14.2 Å². The van der Waals surface area contributed by atoms with Crippen molar-refractivity contribution in [3.63, 3.8) is 0 Å². The summed E-state index contributed by atoms with van der Waals surface area (Å²) in [5, 5.41) is 0. The number of benzene rings is 2. The van der Waals surface area contributed by atoms with Gasteiger partial charge in [0.25, 0.3) is 0 Å². The fraction of sp³-hybridized carbons (Fsp3) is 0.235. The predicted octanol–water partition coefficient (Wildman–Crippen LogP) is 3.35. The van der Waals surface area contributed by atoms with Crippen molar-refractivity contribution in [1.29, 1.82) is 0 Å². The Balaban J connectivity index is 2.15. The minimum absolute atomic E-state index is 0.111. The maximum atomic E-state index is 12.4. The van der Waals surface area contributed by atoms with Crippen LogP contribution in [0.3, 0.4) is 0 Å². The fourth-order valence-corrected chi connectivity index (χ4v) is 1.98. The molecule has 0 amide bonds. The largest absolute Gasteiger partial charge is 0.493 e. The number of Topliss-reactive ketones (excluding diaryl/α,β-unsaturated/α-hetero) is 1. The van der Waals surface area contributed by atoms with E-state index < -0.39 is 6.10 Å². The van der Waals surface area contributed by atoms with E-state index in [2.05, 4.69) is 0 Å². The van der Waals surface area contributed by atoms with Crippen LogP contribution in [0.1, 0.15) is 17.3 Å². The minimum Gasteiger partial charge on any atom is -0.493 e. The van der Waals surface area contributed by atoms with Crippen molar-refractivity contribution in [2.45, 2.75) is 13.0 Å². The van der Waals surface area contributed by atoms with Crippen LogP contribution in [0.5, 0.6) is 17.2 Å². The molecule has 0 N–H and O–H groups in total. The molecule has 1 atom stereocenters. The second-order valence-electron chi connectivity index (χ2n) is 4.51. The number of hydrogen-bond donors (Lipinski definition) is 0. The van der Waals surface area contributed by atoms with E-state index >= 15 is 0 Å². The topological polar surface area (TPSA) is 44.8 Å². The molecular weight excluding hydrogens is 268 g/mol. The molecule has 0 aliphatic rings. The standard InChI is InChI=1S/C17H18O4/c1-12(21-14-7-5-4-6-8-14)17(18)13-9-10-15(19-2)16(11-13)20-3/h4-12H,1-3H3. The molecule has 0 aliphatic carbocycles. The van der Waals surface area contributed by atoms with E-state index in [0.717, 1.165) is 0 Å². The van der Waals surface area contributed by atoms with E-state index in [-0.39, 0.29) is 5.78 Å². The number of hydrogen-bond acceptors (Lipinski definition) is 4. The first-order valence-electron chi connectivity index (χ1n) is 6.63. The summed E-state index contributed by atoms with van der Waals surface area (Å²) in [4.78, 5) is 12.4. The van der Waals surface area contributed by atoms with Gasteiger partial charge in [-0.05, 0) is 37.3 Å². The monoisotopic (exact) mass is 286 g/mol. The van der Waals surface area contributed by atoms with Gasteiger partial charge in [0.15, 0.2) is 17.6 Å². The first-order valence-corrected chi connectivity index (χ1v) is 6.63. The molecule has 0 aliphatic heterocycles. The van der Waals surface area contributed by atoms with Gasteiger partial charge in [0.05, 0.1) is 14.2 Å². The number of carbonyl (C=O) groups excluding carboxylic acids is 1. The van der Waals surface area contributed by atoms with Crippen LogP contribution >= 0.6 is 0 Å². The average Bonchev–Trinajstić information content (AvgIpc) is 2.54. The van der Waals surface area contributed by atoms with Crippen molar-refractivity contribution in [2.75, 3.05) is 14.2 Å². The molecule has 0 saturated heterocycles. The van der Waals surface area contributed by atoms with Crippen molar-refractivity contribution < 1.29 is 19.0 Å². The molecule has 1 unspecified atom stereocenters. The lowest BCUT2D eigenvalue weighted by Gasteiger charge is -2.15. The summed E-state index contributed by atoms with van der Waals surface area (Å²) >= 11 is 0. The summed E-state index contributed by atoms with van der Waals surface area (Å²) in [6.45, 7) is 1.73. The van der Waals surface area contributed by atoms with Crippen LogP contribution in [-0.4, -0.2) is 26.1 Å². The summed E-state index contributed by atoms with van der Waals surface area (Å²) in [6, 6.07) is 14.3. The van der Waals surface area contributed by atoms with Gasteiger partial charge in [0.1, 0.15) is 5.75 Å². The second kappa shape index (κ2) is 6.79. The highest BCUT2D eigenvalue weighted by molar-refractivity contribution is 6.00. The Morgan fingerprint density at radius 3 is 2.24 bits per heavy atom. The number of methoxy groups -OCH3 is 2. The molecule has 0 saturated carbocycles. The molecule has 2 aromatic rings. The second-order valence-corrected chi connectivity index (χ2v) is 4.51. The number of carbonyl (C=O) groups is 1. The van der Waals surface area contributed by atoms with Crippen LogP contribution in [0, 0.1) is 0 Å². The first-order chi connectivity index (χ1) is 10.2. The Bertz CT molecular complexity index is 607. The van der Waals surface area contributed by atoms with Gasteiger partial charge in [-0.2, -0.15) is 0 Å². The van der Waals surface area contributed by atoms with E-state index in [0.29, 0.717) is 22.8 Å². The van der Waals surface area contributed by atoms with Gasteiger partial charge in [-0.3, -0.25) is 4.79 Å². The van der Waals surface area contributed by atoms with Crippen LogP contribution < -0.4 is 14.2 Å². The third kappa shape index (κ3) is 3.54. The molecule has 0 aromatic heterocycles. The zero-order valence-corrected chi connectivity index (χ0v) is 12.3. The third-order valence-corrected chi connectivity index (χ3v) is 3.09. The van der Waals surface area contributed by atoms with E-state index in [9.17, 15) is 4.79 Å². The van der Waals surface area contributed by atoms with E-state index in [1.165, 1.54) is 7.11 Å². The number of ketones is 1. The lowest BCUT2D eigenvalue weighted by atomic mass is 10.1. The molecule has 4 heteroatoms.